The number of ether oxygens (including phenoxy) is 2. The molecular weight excluding hydrogens is 470 g/mol. The van der Waals surface area contributed by atoms with Crippen molar-refractivity contribution in [2.24, 2.45) is 5.92 Å². The van der Waals surface area contributed by atoms with E-state index in [1.54, 1.807) is 29.4 Å². The summed E-state index contributed by atoms with van der Waals surface area (Å²) < 4.78 is 39.9. The average Bonchev–Trinajstić information content (AvgIpc) is 3.32. The number of hydrogen-bond donors (Lipinski definition) is 1. The Morgan fingerprint density at radius 1 is 1.11 bits per heavy atom. The molecule has 1 aromatic heterocycles. The number of carbonyl (C=O) groups is 2. The number of hydrogen-bond acceptors (Lipinski definition) is 5. The molecule has 0 radical (unpaired) electrons. The summed E-state index contributed by atoms with van der Waals surface area (Å²) in [7, 11) is 1.38. The number of benzene rings is 2. The molecule has 0 aliphatic carbocycles. The van der Waals surface area contributed by atoms with E-state index in [0.717, 1.165) is 5.56 Å². The lowest BCUT2D eigenvalue weighted by Crippen LogP contribution is -2.42. The van der Waals surface area contributed by atoms with Crippen molar-refractivity contribution < 1.29 is 27.8 Å². The molecule has 2 amide bonds. The molecule has 3 heterocycles. The molecule has 3 aromatic rings. The van der Waals surface area contributed by atoms with Crippen molar-refractivity contribution in [3.63, 3.8) is 0 Å². The van der Waals surface area contributed by atoms with Gasteiger partial charge in [0.15, 0.2) is 17.3 Å². The third-order valence-corrected chi connectivity index (χ3v) is 6.75. The Balaban J connectivity index is 1.18. The first kappa shape index (κ1) is 23.9. The number of amides is 2. The van der Waals surface area contributed by atoms with Crippen molar-refractivity contribution in [3.8, 4) is 5.75 Å². The van der Waals surface area contributed by atoms with E-state index in [4.69, 9.17) is 9.47 Å². The highest BCUT2D eigenvalue weighted by atomic mass is 19.1. The average molecular weight is 497 g/mol. The monoisotopic (exact) mass is 496 g/mol. The number of likely N-dealkylation sites (tertiary alicyclic amines) is 1. The smallest absolute Gasteiger partial charge is 0.274 e. The van der Waals surface area contributed by atoms with Crippen LogP contribution in [-0.2, 0) is 22.7 Å². The molecule has 188 valence electrons. The van der Waals surface area contributed by atoms with Crippen molar-refractivity contribution in [1.82, 2.24) is 14.5 Å². The molecule has 2 aliphatic heterocycles. The normalized spacial score (nSPS) is 18.0. The molecule has 1 fully saturated rings. The van der Waals surface area contributed by atoms with Crippen LogP contribution in [0.25, 0.3) is 0 Å². The van der Waals surface area contributed by atoms with Gasteiger partial charge < -0.3 is 24.3 Å². The molecule has 1 N–H and O–H groups in total. The highest BCUT2D eigenvalue weighted by Crippen LogP contribution is 2.29. The number of methoxy groups -OCH3 is 1. The topological polar surface area (TPSA) is 85.7 Å². The van der Waals surface area contributed by atoms with E-state index in [0.29, 0.717) is 49.6 Å². The van der Waals surface area contributed by atoms with Crippen LogP contribution in [0.3, 0.4) is 0 Å². The second-order valence-corrected chi connectivity index (χ2v) is 8.95. The third-order valence-electron chi connectivity index (χ3n) is 6.75. The second kappa shape index (κ2) is 10.1. The van der Waals surface area contributed by atoms with Crippen LogP contribution in [0.1, 0.15) is 40.7 Å². The molecule has 1 saturated heterocycles. The predicted molar refractivity (Wildman–Crippen MR) is 126 cm³/mol. The number of halogens is 2. The van der Waals surface area contributed by atoms with E-state index in [1.807, 2.05) is 4.57 Å². The maximum Gasteiger partial charge on any atom is 0.274 e. The number of rotatable bonds is 5. The van der Waals surface area contributed by atoms with Crippen LogP contribution < -0.4 is 10.1 Å². The van der Waals surface area contributed by atoms with Crippen molar-refractivity contribution in [2.45, 2.75) is 32.1 Å². The van der Waals surface area contributed by atoms with Crippen molar-refractivity contribution in [3.05, 3.63) is 77.4 Å². The van der Waals surface area contributed by atoms with Gasteiger partial charge in [0.25, 0.3) is 5.91 Å². The van der Waals surface area contributed by atoms with E-state index in [9.17, 15) is 18.4 Å². The fourth-order valence-corrected chi connectivity index (χ4v) is 4.67. The molecule has 0 spiro atoms. The first-order chi connectivity index (χ1) is 17.4. The number of piperidine rings is 1. The van der Waals surface area contributed by atoms with Crippen LogP contribution >= 0.6 is 0 Å². The SMILES string of the molecule is COc1ccc(NC(=O)C2CCN(C(=O)c3ncn4c3CO[C@H](c3ccc(F)cc3)C4)CC2)cc1F. The number of anilines is 1. The minimum atomic E-state index is -0.549. The summed E-state index contributed by atoms with van der Waals surface area (Å²) >= 11 is 0. The summed E-state index contributed by atoms with van der Waals surface area (Å²) in [6.45, 7) is 1.54. The van der Waals surface area contributed by atoms with Gasteiger partial charge in [-0.25, -0.2) is 13.8 Å². The number of nitrogens with zero attached hydrogens (tertiary/aromatic N) is 3. The van der Waals surface area contributed by atoms with Gasteiger partial charge in [-0.1, -0.05) is 12.1 Å². The summed E-state index contributed by atoms with van der Waals surface area (Å²) in [4.78, 5) is 31.9. The van der Waals surface area contributed by atoms with Crippen molar-refractivity contribution >= 4 is 17.5 Å². The Hall–Kier alpha value is -3.79. The standard InChI is InChI=1S/C26H26F2N4O4/c1-35-22-7-6-19(12-20(22)28)30-25(33)17-8-10-31(11-9-17)26(34)24-21-14-36-23(13-32(21)15-29-24)16-2-4-18(27)5-3-16/h2-7,12,15,17,23H,8-11,13-14H2,1H3,(H,30,33)/t23-/m0/s1. The molecular formula is C26H26F2N4O4. The van der Waals surface area contributed by atoms with Gasteiger partial charge in [0.1, 0.15) is 11.9 Å². The first-order valence-corrected chi connectivity index (χ1v) is 11.8. The van der Waals surface area contributed by atoms with Gasteiger partial charge in [-0.2, -0.15) is 0 Å². The summed E-state index contributed by atoms with van der Waals surface area (Å²) in [6.07, 6.45) is 2.38. The van der Waals surface area contributed by atoms with Crippen LogP contribution in [0.5, 0.6) is 5.75 Å². The molecule has 36 heavy (non-hydrogen) atoms. The van der Waals surface area contributed by atoms with Crippen LogP contribution in [0, 0.1) is 17.6 Å². The van der Waals surface area contributed by atoms with Crippen molar-refractivity contribution in [1.29, 1.82) is 0 Å². The summed E-state index contributed by atoms with van der Waals surface area (Å²) in [5, 5.41) is 2.75. The van der Waals surface area contributed by atoms with Crippen LogP contribution in [0.15, 0.2) is 48.8 Å². The quantitative estimate of drug-likeness (QED) is 0.579. The van der Waals surface area contributed by atoms with E-state index < -0.39 is 5.82 Å². The maximum atomic E-state index is 13.9. The maximum absolute atomic E-state index is 13.9. The number of nitrogens with one attached hydrogen (secondary N) is 1. The van der Waals surface area contributed by atoms with E-state index in [1.165, 1.54) is 31.4 Å². The highest BCUT2D eigenvalue weighted by Gasteiger charge is 2.32. The van der Waals surface area contributed by atoms with E-state index in [2.05, 4.69) is 10.3 Å². The molecule has 0 unspecified atom stereocenters. The molecule has 2 aliphatic rings. The lowest BCUT2D eigenvalue weighted by atomic mass is 9.95. The lowest BCUT2D eigenvalue weighted by molar-refractivity contribution is -0.121. The van der Waals surface area contributed by atoms with Gasteiger partial charge in [0.2, 0.25) is 5.91 Å². The molecule has 5 rings (SSSR count). The lowest BCUT2D eigenvalue weighted by Gasteiger charge is -2.31. The Morgan fingerprint density at radius 2 is 1.86 bits per heavy atom. The molecule has 0 bridgehead atoms. The van der Waals surface area contributed by atoms with Crippen molar-refractivity contribution in [2.75, 3.05) is 25.5 Å². The van der Waals surface area contributed by atoms with Gasteiger partial charge >= 0.3 is 0 Å². The van der Waals surface area contributed by atoms with E-state index in [-0.39, 0.29) is 42.0 Å². The largest absolute Gasteiger partial charge is 0.494 e. The zero-order valence-electron chi connectivity index (χ0n) is 19.7. The van der Waals surface area contributed by atoms with Gasteiger partial charge in [-0.3, -0.25) is 9.59 Å². The van der Waals surface area contributed by atoms with Gasteiger partial charge in [0, 0.05) is 30.8 Å². The minimum Gasteiger partial charge on any atom is -0.494 e. The molecule has 8 nitrogen and oxygen atoms in total. The third kappa shape index (κ3) is 4.81. The molecule has 0 saturated carbocycles. The predicted octanol–water partition coefficient (Wildman–Crippen LogP) is 3.93. The number of carbonyl (C=O) groups excluding carboxylic acids is 2. The fraction of sp³-hybridized carbons (Fsp3) is 0.346. The zero-order chi connectivity index (χ0) is 25.2. The fourth-order valence-electron chi connectivity index (χ4n) is 4.67. The number of imidazole rings is 1. The van der Waals surface area contributed by atoms with Gasteiger partial charge in [-0.05, 0) is 42.7 Å². The van der Waals surface area contributed by atoms with Crippen LogP contribution in [0.4, 0.5) is 14.5 Å². The highest BCUT2D eigenvalue weighted by molar-refractivity contribution is 5.95. The Labute approximate surface area is 206 Å². The Bertz CT molecular complexity index is 1270. The number of aromatic nitrogens is 2. The van der Waals surface area contributed by atoms with Crippen LogP contribution in [-0.4, -0.2) is 46.5 Å². The minimum absolute atomic E-state index is 0.109. The van der Waals surface area contributed by atoms with E-state index >= 15 is 0 Å². The zero-order valence-corrected chi connectivity index (χ0v) is 19.7. The molecule has 10 heteroatoms. The van der Waals surface area contributed by atoms with Gasteiger partial charge in [0.05, 0.1) is 32.3 Å². The molecule has 1 atom stereocenters. The number of fused-ring (bicyclic) bond motifs is 1. The Morgan fingerprint density at radius 3 is 2.56 bits per heavy atom. The first-order valence-electron chi connectivity index (χ1n) is 11.8. The molecule has 2 aromatic carbocycles. The summed E-state index contributed by atoms with van der Waals surface area (Å²) in [5.74, 6) is -1.42. The second-order valence-electron chi connectivity index (χ2n) is 8.95. The van der Waals surface area contributed by atoms with Crippen LogP contribution in [0.2, 0.25) is 0 Å². The van der Waals surface area contributed by atoms with Gasteiger partial charge in [-0.15, -0.1) is 0 Å². The Kier molecular flexibility index (Phi) is 6.69. The summed E-state index contributed by atoms with van der Waals surface area (Å²) in [5.41, 5.74) is 2.28. The summed E-state index contributed by atoms with van der Waals surface area (Å²) in [6, 6.07) is 10.5.